The number of phenols is 4. The quantitative estimate of drug-likeness (QED) is 0.512. The van der Waals surface area contributed by atoms with Crippen molar-refractivity contribution >= 4 is 22.2 Å². The first-order valence-corrected chi connectivity index (χ1v) is 10.9. The number of hydrogen-bond donors (Lipinski definition) is 4. The highest BCUT2D eigenvalue weighted by Gasteiger charge is 2.32. The lowest BCUT2D eigenvalue weighted by molar-refractivity contribution is 0.320. The number of hydrogen-bond acceptors (Lipinski definition) is 8. The standard InChI is InChI=1S/C24H34N4O4/c1-13(27(3)4)11-25-15-7-8-16(26-12-14(2)28(5)6)20-19(15)23(31)21-17(29)9-10-18(30)22(21)24(20)32/h9-10,13-14,29-32H,7-8,11-12H2,1-6H3. The lowest BCUT2D eigenvalue weighted by atomic mass is 9.84. The lowest BCUT2D eigenvalue weighted by Crippen LogP contribution is -2.29. The summed E-state index contributed by atoms with van der Waals surface area (Å²) >= 11 is 0. The van der Waals surface area contributed by atoms with Crippen molar-refractivity contribution in [1.82, 2.24) is 9.80 Å². The van der Waals surface area contributed by atoms with Gasteiger partial charge in [0.25, 0.3) is 0 Å². The van der Waals surface area contributed by atoms with E-state index in [0.29, 0.717) is 48.5 Å². The Labute approximate surface area is 189 Å². The van der Waals surface area contributed by atoms with E-state index in [2.05, 4.69) is 23.6 Å². The fourth-order valence-corrected chi connectivity index (χ4v) is 3.72. The molecule has 0 fully saturated rings. The maximum absolute atomic E-state index is 11.2. The van der Waals surface area contributed by atoms with Crippen LogP contribution in [0, 0.1) is 0 Å². The Balaban J connectivity index is 2.26. The number of rotatable bonds is 6. The fourth-order valence-electron chi connectivity index (χ4n) is 3.72. The minimum Gasteiger partial charge on any atom is -0.507 e. The molecular weight excluding hydrogens is 408 g/mol. The second-order valence-corrected chi connectivity index (χ2v) is 9.00. The van der Waals surface area contributed by atoms with Gasteiger partial charge in [-0.15, -0.1) is 0 Å². The zero-order chi connectivity index (χ0) is 23.7. The summed E-state index contributed by atoms with van der Waals surface area (Å²) in [6.45, 7) is 5.17. The molecule has 2 unspecified atom stereocenters. The first-order valence-electron chi connectivity index (χ1n) is 10.9. The van der Waals surface area contributed by atoms with Crippen molar-refractivity contribution in [3.8, 4) is 23.0 Å². The van der Waals surface area contributed by atoms with E-state index in [9.17, 15) is 20.4 Å². The Kier molecular flexibility index (Phi) is 6.95. The molecule has 2 aromatic rings. The molecule has 1 aliphatic rings. The summed E-state index contributed by atoms with van der Waals surface area (Å²) in [6, 6.07) is 2.97. The molecule has 0 saturated carbocycles. The minimum atomic E-state index is -0.222. The Morgan fingerprint density at radius 1 is 0.719 bits per heavy atom. The molecule has 8 nitrogen and oxygen atoms in total. The van der Waals surface area contributed by atoms with Gasteiger partial charge in [0.05, 0.1) is 35.0 Å². The molecule has 0 bridgehead atoms. The van der Waals surface area contributed by atoms with E-state index in [-0.39, 0.29) is 45.9 Å². The van der Waals surface area contributed by atoms with E-state index in [4.69, 9.17) is 9.98 Å². The van der Waals surface area contributed by atoms with Crippen molar-refractivity contribution < 1.29 is 20.4 Å². The molecule has 0 heterocycles. The lowest BCUT2D eigenvalue weighted by Gasteiger charge is -2.26. The van der Waals surface area contributed by atoms with Crippen LogP contribution in [-0.2, 0) is 0 Å². The predicted octanol–water partition coefficient (Wildman–Crippen LogP) is 2.93. The first kappa shape index (κ1) is 23.8. The molecule has 3 rings (SSSR count). The van der Waals surface area contributed by atoms with E-state index in [1.54, 1.807) is 0 Å². The monoisotopic (exact) mass is 442 g/mol. The summed E-state index contributed by atoms with van der Waals surface area (Å²) in [5, 5.41) is 43.3. The highest BCUT2D eigenvalue weighted by molar-refractivity contribution is 6.25. The molecular formula is C24H34N4O4. The van der Waals surface area contributed by atoms with Gasteiger partial charge in [-0.3, -0.25) is 9.98 Å². The first-order chi connectivity index (χ1) is 15.0. The van der Waals surface area contributed by atoms with Gasteiger partial charge >= 0.3 is 0 Å². The van der Waals surface area contributed by atoms with Crippen LogP contribution in [0.4, 0.5) is 0 Å². The number of aromatic hydroxyl groups is 4. The molecule has 0 aromatic heterocycles. The van der Waals surface area contributed by atoms with Gasteiger partial charge in [-0.2, -0.15) is 0 Å². The second kappa shape index (κ2) is 9.34. The Morgan fingerprint density at radius 2 is 1.06 bits per heavy atom. The van der Waals surface area contributed by atoms with Gasteiger partial charge in [-0.25, -0.2) is 0 Å². The third-order valence-electron chi connectivity index (χ3n) is 6.39. The Hall–Kier alpha value is -2.84. The fraction of sp³-hybridized carbons (Fsp3) is 0.500. The van der Waals surface area contributed by atoms with E-state index < -0.39 is 0 Å². The second-order valence-electron chi connectivity index (χ2n) is 9.00. The summed E-state index contributed by atoms with van der Waals surface area (Å²) in [5.41, 5.74) is 2.07. The van der Waals surface area contributed by atoms with Gasteiger partial charge in [0.1, 0.15) is 23.0 Å². The topological polar surface area (TPSA) is 112 Å². The molecule has 0 radical (unpaired) electrons. The van der Waals surface area contributed by atoms with Crippen LogP contribution in [0.3, 0.4) is 0 Å². The van der Waals surface area contributed by atoms with Crippen LogP contribution in [0.2, 0.25) is 0 Å². The number of likely N-dealkylation sites (N-methyl/N-ethyl adjacent to an activating group) is 2. The van der Waals surface area contributed by atoms with Crippen LogP contribution in [0.1, 0.15) is 37.8 Å². The van der Waals surface area contributed by atoms with Gasteiger partial charge in [0.2, 0.25) is 0 Å². The molecule has 4 N–H and O–H groups in total. The van der Waals surface area contributed by atoms with Crippen molar-refractivity contribution in [2.45, 2.75) is 38.8 Å². The van der Waals surface area contributed by atoms with Crippen molar-refractivity contribution in [2.24, 2.45) is 9.98 Å². The van der Waals surface area contributed by atoms with Crippen LogP contribution in [0.25, 0.3) is 10.8 Å². The predicted molar refractivity (Wildman–Crippen MR) is 129 cm³/mol. The molecule has 2 atom stereocenters. The van der Waals surface area contributed by atoms with Crippen LogP contribution >= 0.6 is 0 Å². The molecule has 2 aromatic carbocycles. The average Bonchev–Trinajstić information content (AvgIpc) is 2.75. The zero-order valence-electron chi connectivity index (χ0n) is 19.7. The third-order valence-corrected chi connectivity index (χ3v) is 6.39. The van der Waals surface area contributed by atoms with Crippen LogP contribution in [-0.4, -0.2) is 95.0 Å². The van der Waals surface area contributed by atoms with Crippen molar-refractivity contribution in [1.29, 1.82) is 0 Å². The molecule has 1 aliphatic carbocycles. The van der Waals surface area contributed by atoms with E-state index in [1.165, 1.54) is 12.1 Å². The number of fused-ring (bicyclic) bond motifs is 2. The minimum absolute atomic E-state index is 0.0116. The van der Waals surface area contributed by atoms with Crippen LogP contribution in [0.5, 0.6) is 23.0 Å². The highest BCUT2D eigenvalue weighted by Crippen LogP contribution is 2.49. The summed E-state index contributed by atoms with van der Waals surface area (Å²) in [6.07, 6.45) is 1.11. The largest absolute Gasteiger partial charge is 0.507 e. The normalized spacial score (nSPS) is 18.6. The van der Waals surface area contributed by atoms with E-state index >= 15 is 0 Å². The summed E-state index contributed by atoms with van der Waals surface area (Å²) < 4.78 is 0. The average molecular weight is 443 g/mol. The van der Waals surface area contributed by atoms with E-state index in [1.807, 2.05) is 28.2 Å². The number of aliphatic imine (C=N–C) groups is 2. The Morgan fingerprint density at radius 3 is 1.38 bits per heavy atom. The van der Waals surface area contributed by atoms with Crippen LogP contribution in [0.15, 0.2) is 22.1 Å². The van der Waals surface area contributed by atoms with E-state index in [0.717, 1.165) is 0 Å². The SMILES string of the molecule is CC(CN=C1CCC(=NCC(C)N(C)C)c2c1c(O)c1c(O)ccc(O)c1c2O)N(C)C. The van der Waals surface area contributed by atoms with Gasteiger partial charge in [0, 0.05) is 23.5 Å². The van der Waals surface area contributed by atoms with Gasteiger partial charge in [-0.1, -0.05) is 0 Å². The highest BCUT2D eigenvalue weighted by atomic mass is 16.3. The van der Waals surface area contributed by atoms with Crippen molar-refractivity contribution in [2.75, 3.05) is 41.3 Å². The number of nitrogens with zero attached hydrogens (tertiary/aromatic N) is 4. The summed E-state index contributed by atoms with van der Waals surface area (Å²) in [5.74, 6) is -0.851. The molecule has 0 saturated heterocycles. The van der Waals surface area contributed by atoms with Crippen molar-refractivity contribution in [3.63, 3.8) is 0 Å². The maximum atomic E-state index is 11.2. The number of benzene rings is 2. The third kappa shape index (κ3) is 4.38. The molecule has 0 aliphatic heterocycles. The van der Waals surface area contributed by atoms with Crippen LogP contribution < -0.4 is 0 Å². The maximum Gasteiger partial charge on any atom is 0.137 e. The Bertz CT molecular complexity index is 991. The molecule has 32 heavy (non-hydrogen) atoms. The zero-order valence-corrected chi connectivity index (χ0v) is 19.7. The van der Waals surface area contributed by atoms with Gasteiger partial charge < -0.3 is 30.2 Å². The molecule has 0 amide bonds. The van der Waals surface area contributed by atoms with Gasteiger partial charge in [0.15, 0.2) is 0 Å². The van der Waals surface area contributed by atoms with Gasteiger partial charge in [-0.05, 0) is 67.0 Å². The molecule has 8 heteroatoms. The molecule has 174 valence electrons. The van der Waals surface area contributed by atoms with Crippen molar-refractivity contribution in [3.05, 3.63) is 23.3 Å². The summed E-state index contributed by atoms with van der Waals surface area (Å²) in [4.78, 5) is 13.6. The number of phenolic OH excluding ortho intramolecular Hbond substituents is 4. The smallest absolute Gasteiger partial charge is 0.137 e. The summed E-state index contributed by atoms with van der Waals surface area (Å²) in [7, 11) is 7.92. The molecule has 0 spiro atoms.